The number of benzene rings is 1. The van der Waals surface area contributed by atoms with Crippen molar-refractivity contribution in [2.24, 2.45) is 0 Å². The van der Waals surface area contributed by atoms with Crippen molar-refractivity contribution in [2.75, 3.05) is 32.6 Å². The third-order valence-electron chi connectivity index (χ3n) is 3.76. The minimum absolute atomic E-state index is 0.0440. The SMILES string of the molecule is CC.CC(NNC(=O)Nc1cc(F)cc(F)c1)c1ncccc1C(=O)OCCN(C)C. The summed E-state index contributed by atoms with van der Waals surface area (Å²) in [5.41, 5.74) is 5.63. The molecule has 3 N–H and O–H groups in total. The molecule has 1 aromatic heterocycles. The van der Waals surface area contributed by atoms with Gasteiger partial charge in [0.15, 0.2) is 0 Å². The molecule has 0 radical (unpaired) electrons. The van der Waals surface area contributed by atoms with E-state index in [-0.39, 0.29) is 17.9 Å². The number of anilines is 1. The summed E-state index contributed by atoms with van der Waals surface area (Å²) in [5.74, 6) is -2.15. The number of carbonyl (C=O) groups is 2. The zero-order valence-electron chi connectivity index (χ0n) is 18.3. The maximum atomic E-state index is 13.2. The number of halogens is 2. The zero-order valence-corrected chi connectivity index (χ0v) is 18.3. The van der Waals surface area contributed by atoms with E-state index < -0.39 is 29.7 Å². The number of urea groups is 1. The van der Waals surface area contributed by atoms with Crippen LogP contribution in [0.25, 0.3) is 0 Å². The number of esters is 1. The van der Waals surface area contributed by atoms with Crippen molar-refractivity contribution >= 4 is 17.7 Å². The second-order valence-electron chi connectivity index (χ2n) is 6.48. The third kappa shape index (κ3) is 9.06. The lowest BCUT2D eigenvalue weighted by atomic mass is 10.1. The summed E-state index contributed by atoms with van der Waals surface area (Å²) >= 11 is 0. The molecule has 0 aliphatic carbocycles. The molecule has 0 aliphatic rings. The van der Waals surface area contributed by atoms with Crippen molar-refractivity contribution in [1.82, 2.24) is 20.7 Å². The normalized spacial score (nSPS) is 11.2. The number of hydrogen-bond acceptors (Lipinski definition) is 6. The molecule has 1 aromatic carbocycles. The first-order chi connectivity index (χ1) is 14.8. The maximum absolute atomic E-state index is 13.2. The van der Waals surface area contributed by atoms with Gasteiger partial charge >= 0.3 is 12.0 Å². The Morgan fingerprint density at radius 2 is 1.81 bits per heavy atom. The van der Waals surface area contributed by atoms with Gasteiger partial charge in [-0.3, -0.25) is 10.4 Å². The first-order valence-electron chi connectivity index (χ1n) is 9.81. The zero-order chi connectivity index (χ0) is 23.4. The first kappa shape index (κ1) is 25.9. The van der Waals surface area contributed by atoms with Crippen molar-refractivity contribution < 1.29 is 23.1 Å². The van der Waals surface area contributed by atoms with Gasteiger partial charge in [0.2, 0.25) is 0 Å². The van der Waals surface area contributed by atoms with Crippen LogP contribution in [0.4, 0.5) is 19.3 Å². The van der Waals surface area contributed by atoms with E-state index in [0.717, 1.165) is 12.1 Å². The minimum Gasteiger partial charge on any atom is -0.461 e. The molecule has 1 atom stereocenters. The van der Waals surface area contributed by atoms with Gasteiger partial charge in [-0.25, -0.2) is 23.8 Å². The van der Waals surface area contributed by atoms with E-state index in [0.29, 0.717) is 18.3 Å². The lowest BCUT2D eigenvalue weighted by Gasteiger charge is -2.17. The van der Waals surface area contributed by atoms with Crippen LogP contribution in [0.3, 0.4) is 0 Å². The first-order valence-corrected chi connectivity index (χ1v) is 9.81. The molecule has 2 rings (SSSR count). The van der Waals surface area contributed by atoms with Gasteiger partial charge in [0.25, 0.3) is 0 Å². The number of nitrogens with one attached hydrogen (secondary N) is 3. The largest absolute Gasteiger partial charge is 0.461 e. The Bertz CT molecular complexity index is 844. The van der Waals surface area contributed by atoms with Crippen molar-refractivity contribution in [1.29, 1.82) is 0 Å². The Morgan fingerprint density at radius 3 is 2.42 bits per heavy atom. The second-order valence-corrected chi connectivity index (χ2v) is 6.48. The number of aromatic nitrogens is 1. The molecule has 170 valence electrons. The molecule has 1 unspecified atom stereocenters. The standard InChI is InChI=1S/C19H23F2N5O3.C2H6/c1-12(24-25-19(28)23-15-10-13(20)9-14(21)11-15)17-16(5-4-6-22-17)18(27)29-8-7-26(2)3;1-2/h4-6,9-12,24H,7-8H2,1-3H3,(H2,23,25,28);1-2H3. The average molecular weight is 437 g/mol. The Morgan fingerprint density at radius 1 is 1.16 bits per heavy atom. The molecular weight excluding hydrogens is 408 g/mol. The number of likely N-dealkylation sites (N-methyl/N-ethyl adjacent to an activating group) is 1. The van der Waals surface area contributed by atoms with E-state index in [4.69, 9.17) is 4.74 Å². The Balaban J connectivity index is 0.00000233. The van der Waals surface area contributed by atoms with E-state index in [9.17, 15) is 18.4 Å². The lowest BCUT2D eigenvalue weighted by Crippen LogP contribution is -2.42. The van der Waals surface area contributed by atoms with Gasteiger partial charge in [0.1, 0.15) is 18.2 Å². The van der Waals surface area contributed by atoms with Crippen molar-refractivity contribution in [3.8, 4) is 0 Å². The van der Waals surface area contributed by atoms with E-state index >= 15 is 0 Å². The van der Waals surface area contributed by atoms with Gasteiger partial charge in [0.05, 0.1) is 17.3 Å². The van der Waals surface area contributed by atoms with Crippen LogP contribution < -0.4 is 16.2 Å². The quantitative estimate of drug-likeness (QED) is 0.432. The van der Waals surface area contributed by atoms with Crippen LogP contribution in [0.15, 0.2) is 36.5 Å². The number of rotatable bonds is 8. The molecule has 0 bridgehead atoms. The van der Waals surface area contributed by atoms with Gasteiger partial charge in [-0.05, 0) is 45.3 Å². The van der Waals surface area contributed by atoms with E-state index in [1.165, 1.54) is 6.20 Å². The number of hydrogen-bond donors (Lipinski definition) is 3. The second kappa shape index (κ2) is 13.2. The smallest absolute Gasteiger partial charge is 0.340 e. The molecular formula is C21H29F2N5O3. The van der Waals surface area contributed by atoms with Crippen LogP contribution in [0, 0.1) is 11.6 Å². The summed E-state index contributed by atoms with van der Waals surface area (Å²) < 4.78 is 31.6. The van der Waals surface area contributed by atoms with E-state index in [1.807, 2.05) is 32.8 Å². The fourth-order valence-corrected chi connectivity index (χ4v) is 2.36. The summed E-state index contributed by atoms with van der Waals surface area (Å²) in [6.45, 7) is 6.49. The summed E-state index contributed by atoms with van der Waals surface area (Å²) in [5, 5.41) is 2.30. The predicted molar refractivity (Wildman–Crippen MR) is 114 cm³/mol. The molecule has 8 nitrogen and oxygen atoms in total. The summed E-state index contributed by atoms with van der Waals surface area (Å²) in [4.78, 5) is 30.3. The van der Waals surface area contributed by atoms with Crippen LogP contribution in [0.5, 0.6) is 0 Å². The third-order valence-corrected chi connectivity index (χ3v) is 3.76. The molecule has 0 saturated heterocycles. The van der Waals surface area contributed by atoms with Gasteiger partial charge in [-0.2, -0.15) is 0 Å². The highest BCUT2D eigenvalue weighted by molar-refractivity contribution is 5.91. The highest BCUT2D eigenvalue weighted by Crippen LogP contribution is 2.16. The molecule has 0 spiro atoms. The van der Waals surface area contributed by atoms with Crippen LogP contribution in [0.2, 0.25) is 0 Å². The van der Waals surface area contributed by atoms with Crippen LogP contribution in [0.1, 0.15) is 42.9 Å². The average Bonchev–Trinajstić information content (AvgIpc) is 2.72. The van der Waals surface area contributed by atoms with Gasteiger partial charge in [-0.15, -0.1) is 0 Å². The fourth-order valence-electron chi connectivity index (χ4n) is 2.36. The molecule has 10 heteroatoms. The van der Waals surface area contributed by atoms with Crippen LogP contribution in [-0.2, 0) is 4.74 Å². The summed E-state index contributed by atoms with van der Waals surface area (Å²) in [7, 11) is 3.73. The molecule has 0 aliphatic heterocycles. The number of amides is 2. The van der Waals surface area contributed by atoms with Crippen LogP contribution >= 0.6 is 0 Å². The molecule has 2 aromatic rings. The fraction of sp³-hybridized carbons (Fsp3) is 0.381. The molecule has 1 heterocycles. The topological polar surface area (TPSA) is 95.6 Å². The Hall–Kier alpha value is -3.11. The Labute approximate surface area is 181 Å². The number of pyridine rings is 1. The minimum atomic E-state index is -0.812. The lowest BCUT2D eigenvalue weighted by molar-refractivity contribution is 0.0479. The molecule has 2 amide bonds. The van der Waals surface area contributed by atoms with Crippen molar-refractivity contribution in [3.63, 3.8) is 0 Å². The number of carbonyl (C=O) groups excluding carboxylic acids is 2. The van der Waals surface area contributed by atoms with E-state index in [1.54, 1.807) is 19.1 Å². The van der Waals surface area contributed by atoms with Crippen molar-refractivity contribution in [2.45, 2.75) is 26.8 Å². The molecule has 0 saturated carbocycles. The van der Waals surface area contributed by atoms with Gasteiger partial charge in [0, 0.05) is 24.5 Å². The van der Waals surface area contributed by atoms with Crippen LogP contribution in [-0.4, -0.2) is 49.1 Å². The molecule has 31 heavy (non-hydrogen) atoms. The van der Waals surface area contributed by atoms with Gasteiger partial charge in [-0.1, -0.05) is 13.8 Å². The number of ether oxygens (including phenoxy) is 1. The molecule has 0 fully saturated rings. The van der Waals surface area contributed by atoms with Gasteiger partial charge < -0.3 is 15.0 Å². The van der Waals surface area contributed by atoms with Crippen molar-refractivity contribution in [3.05, 3.63) is 59.4 Å². The Kier molecular flexibility index (Phi) is 11.1. The number of hydrazine groups is 1. The highest BCUT2D eigenvalue weighted by Gasteiger charge is 2.19. The summed E-state index contributed by atoms with van der Waals surface area (Å²) in [6.07, 6.45) is 1.51. The van der Waals surface area contributed by atoms with E-state index in [2.05, 4.69) is 21.2 Å². The monoisotopic (exact) mass is 437 g/mol. The number of nitrogens with zero attached hydrogens (tertiary/aromatic N) is 2. The highest BCUT2D eigenvalue weighted by atomic mass is 19.1. The summed E-state index contributed by atoms with van der Waals surface area (Å²) in [6, 6.07) is 4.55. The maximum Gasteiger partial charge on any atom is 0.340 e. The predicted octanol–water partition coefficient (Wildman–Crippen LogP) is 3.49.